The highest BCUT2D eigenvalue weighted by Gasteiger charge is 2.17. The number of hydrogen-bond donors (Lipinski definition) is 1. The Morgan fingerprint density at radius 3 is 2.80 bits per heavy atom. The number of non-ortho nitro benzene ring substituents is 1. The number of esters is 1. The second kappa shape index (κ2) is 7.81. The number of hydrogen-bond acceptors (Lipinski definition) is 6. The van der Waals surface area contributed by atoms with E-state index >= 15 is 0 Å². The molecule has 1 aromatic carbocycles. The van der Waals surface area contributed by atoms with Gasteiger partial charge >= 0.3 is 5.97 Å². The van der Waals surface area contributed by atoms with Crippen molar-refractivity contribution in [2.24, 2.45) is 0 Å². The predicted octanol–water partition coefficient (Wildman–Crippen LogP) is 1.89. The summed E-state index contributed by atoms with van der Waals surface area (Å²) < 4.78 is 10.7. The molecule has 0 aliphatic heterocycles. The molecule has 0 saturated carbocycles. The maximum atomic E-state index is 11.4. The molecule has 0 aliphatic rings. The van der Waals surface area contributed by atoms with Crippen LogP contribution in [0, 0.1) is 10.1 Å². The van der Waals surface area contributed by atoms with Crippen LogP contribution >= 0.6 is 15.9 Å². The van der Waals surface area contributed by atoms with Crippen molar-refractivity contribution in [3.8, 4) is 5.75 Å². The van der Waals surface area contributed by atoms with Crippen LogP contribution in [0.2, 0.25) is 0 Å². The van der Waals surface area contributed by atoms with Crippen LogP contribution in [0.3, 0.4) is 0 Å². The van der Waals surface area contributed by atoms with Gasteiger partial charge in [-0.2, -0.15) is 0 Å². The zero-order chi connectivity index (χ0) is 15.1. The smallest absolute Gasteiger partial charge is 0.322 e. The van der Waals surface area contributed by atoms with Gasteiger partial charge in [-0.15, -0.1) is 0 Å². The number of ether oxygens (including phenoxy) is 2. The van der Waals surface area contributed by atoms with E-state index in [1.807, 2.05) is 0 Å². The molecule has 20 heavy (non-hydrogen) atoms. The van der Waals surface area contributed by atoms with Crippen LogP contribution in [0.1, 0.15) is 6.42 Å². The molecule has 0 aromatic heterocycles. The van der Waals surface area contributed by atoms with Gasteiger partial charge in [0.05, 0.1) is 29.2 Å². The van der Waals surface area contributed by atoms with Gasteiger partial charge in [0.25, 0.3) is 5.69 Å². The van der Waals surface area contributed by atoms with Crippen molar-refractivity contribution in [1.29, 1.82) is 0 Å². The minimum absolute atomic E-state index is 0.0543. The molecule has 1 aromatic rings. The zero-order valence-electron chi connectivity index (χ0n) is 11.1. The van der Waals surface area contributed by atoms with Gasteiger partial charge in [0.2, 0.25) is 0 Å². The van der Waals surface area contributed by atoms with E-state index in [1.165, 1.54) is 19.2 Å². The topological polar surface area (TPSA) is 90.7 Å². The van der Waals surface area contributed by atoms with Crippen LogP contribution in [-0.2, 0) is 9.53 Å². The molecule has 0 fully saturated rings. The first kappa shape index (κ1) is 16.4. The fourth-order valence-electron chi connectivity index (χ4n) is 1.53. The molecule has 0 aliphatic carbocycles. The quantitative estimate of drug-likeness (QED) is 0.460. The summed E-state index contributed by atoms with van der Waals surface area (Å²) in [6, 6.07) is 3.78. The molecule has 1 atom stereocenters. The molecule has 7 nitrogen and oxygen atoms in total. The van der Waals surface area contributed by atoms with Gasteiger partial charge in [-0.05, 0) is 29.0 Å². The Labute approximate surface area is 124 Å². The molecule has 110 valence electrons. The summed E-state index contributed by atoms with van der Waals surface area (Å²) >= 11 is 3.25. The number of benzene rings is 1. The molecule has 0 spiro atoms. The highest BCUT2D eigenvalue weighted by Crippen LogP contribution is 2.29. The number of rotatable bonds is 7. The Kier molecular flexibility index (Phi) is 6.40. The summed E-state index contributed by atoms with van der Waals surface area (Å²) in [4.78, 5) is 21.5. The first-order chi connectivity index (χ1) is 9.49. The van der Waals surface area contributed by atoms with Gasteiger partial charge in [-0.1, -0.05) is 0 Å². The summed E-state index contributed by atoms with van der Waals surface area (Å²) in [6.45, 7) is 0.223. The molecule has 1 rings (SSSR count). The summed E-state index contributed by atoms with van der Waals surface area (Å²) in [5.41, 5.74) is -0.0543. The molecular formula is C12H15BrN2O5. The van der Waals surface area contributed by atoms with Crippen molar-refractivity contribution in [2.45, 2.75) is 12.5 Å². The molecule has 0 radical (unpaired) electrons. The molecule has 1 N–H and O–H groups in total. The third-order valence-corrected chi connectivity index (χ3v) is 3.28. The first-order valence-corrected chi connectivity index (χ1v) is 6.60. The number of carbonyl (C=O) groups is 1. The van der Waals surface area contributed by atoms with Gasteiger partial charge < -0.3 is 14.8 Å². The number of likely N-dealkylation sites (N-methyl/N-ethyl adjacent to an activating group) is 1. The normalized spacial score (nSPS) is 11.8. The van der Waals surface area contributed by atoms with Gasteiger partial charge in [-0.3, -0.25) is 14.9 Å². The third kappa shape index (κ3) is 4.46. The maximum absolute atomic E-state index is 11.4. The lowest BCUT2D eigenvalue weighted by Gasteiger charge is -2.14. The number of nitro benzene ring substituents is 1. The van der Waals surface area contributed by atoms with Crippen molar-refractivity contribution in [3.05, 3.63) is 32.8 Å². The highest BCUT2D eigenvalue weighted by molar-refractivity contribution is 9.10. The fraction of sp³-hybridized carbons (Fsp3) is 0.417. The highest BCUT2D eigenvalue weighted by atomic mass is 79.9. The van der Waals surface area contributed by atoms with Gasteiger partial charge in [0, 0.05) is 12.5 Å². The van der Waals surface area contributed by atoms with Crippen LogP contribution in [0.25, 0.3) is 0 Å². The third-order valence-electron chi connectivity index (χ3n) is 2.62. The van der Waals surface area contributed by atoms with Crippen molar-refractivity contribution in [3.63, 3.8) is 0 Å². The number of halogens is 1. The van der Waals surface area contributed by atoms with Gasteiger partial charge in [0.15, 0.2) is 0 Å². The SMILES string of the molecule is CNC(CCOc1cc([N+](=O)[O-])ccc1Br)C(=O)OC. The first-order valence-electron chi connectivity index (χ1n) is 5.81. The number of methoxy groups -OCH3 is 1. The summed E-state index contributed by atoms with van der Waals surface area (Å²) in [7, 11) is 2.95. The molecule has 1 unspecified atom stereocenters. The summed E-state index contributed by atoms with van der Waals surface area (Å²) in [5.74, 6) is -0.0203. The van der Waals surface area contributed by atoms with E-state index < -0.39 is 11.0 Å². The van der Waals surface area contributed by atoms with Crippen LogP contribution in [-0.4, -0.2) is 37.7 Å². The van der Waals surface area contributed by atoms with E-state index in [-0.39, 0.29) is 18.3 Å². The fourth-order valence-corrected chi connectivity index (χ4v) is 1.89. The van der Waals surface area contributed by atoms with Crippen molar-refractivity contribution in [1.82, 2.24) is 5.32 Å². The minimum atomic E-state index is -0.496. The van der Waals surface area contributed by atoms with Crippen molar-refractivity contribution >= 4 is 27.6 Å². The van der Waals surface area contributed by atoms with Crippen LogP contribution in [0.4, 0.5) is 5.69 Å². The van der Waals surface area contributed by atoms with Crippen molar-refractivity contribution in [2.75, 3.05) is 20.8 Å². The van der Waals surface area contributed by atoms with Crippen molar-refractivity contribution < 1.29 is 19.2 Å². The lowest BCUT2D eigenvalue weighted by molar-refractivity contribution is -0.385. The minimum Gasteiger partial charge on any atom is -0.492 e. The predicted molar refractivity (Wildman–Crippen MR) is 75.8 cm³/mol. The lowest BCUT2D eigenvalue weighted by atomic mass is 10.2. The van der Waals surface area contributed by atoms with E-state index in [4.69, 9.17) is 4.74 Å². The van der Waals surface area contributed by atoms with E-state index in [0.29, 0.717) is 16.6 Å². The van der Waals surface area contributed by atoms with E-state index in [2.05, 4.69) is 26.0 Å². The van der Waals surface area contributed by atoms with E-state index in [0.717, 1.165) is 0 Å². The van der Waals surface area contributed by atoms with Crippen LogP contribution in [0.5, 0.6) is 5.75 Å². The van der Waals surface area contributed by atoms with Crippen LogP contribution < -0.4 is 10.1 Å². The Morgan fingerprint density at radius 1 is 1.55 bits per heavy atom. The average Bonchev–Trinajstić information content (AvgIpc) is 2.44. The average molecular weight is 347 g/mol. The van der Waals surface area contributed by atoms with E-state index in [9.17, 15) is 14.9 Å². The van der Waals surface area contributed by atoms with Gasteiger partial charge in [0.1, 0.15) is 11.8 Å². The molecule has 8 heteroatoms. The Morgan fingerprint density at radius 2 is 2.25 bits per heavy atom. The summed E-state index contributed by atoms with van der Waals surface area (Å²) in [5, 5.41) is 13.5. The second-order valence-electron chi connectivity index (χ2n) is 3.87. The summed E-state index contributed by atoms with van der Waals surface area (Å²) in [6.07, 6.45) is 0.387. The van der Waals surface area contributed by atoms with Crippen LogP contribution in [0.15, 0.2) is 22.7 Å². The number of nitrogens with one attached hydrogen (secondary N) is 1. The Bertz CT molecular complexity index is 495. The molecule has 0 bridgehead atoms. The molecule has 0 saturated heterocycles. The Balaban J connectivity index is 2.63. The maximum Gasteiger partial charge on any atom is 0.322 e. The standard InChI is InChI=1S/C12H15BrN2O5/c1-14-10(12(16)19-2)5-6-20-11-7-8(15(17)18)3-4-9(11)13/h3-4,7,10,14H,5-6H2,1-2H3. The second-order valence-corrected chi connectivity index (χ2v) is 4.73. The molecule has 0 heterocycles. The number of nitro groups is 1. The largest absolute Gasteiger partial charge is 0.492 e. The monoisotopic (exact) mass is 346 g/mol. The number of nitrogens with zero attached hydrogens (tertiary/aromatic N) is 1. The zero-order valence-corrected chi connectivity index (χ0v) is 12.7. The lowest BCUT2D eigenvalue weighted by Crippen LogP contribution is -2.36. The molecule has 0 amide bonds. The van der Waals surface area contributed by atoms with E-state index in [1.54, 1.807) is 13.1 Å². The van der Waals surface area contributed by atoms with Gasteiger partial charge in [-0.25, -0.2) is 0 Å². The Hall–Kier alpha value is -1.67. The number of carbonyl (C=O) groups excluding carboxylic acids is 1. The molecular weight excluding hydrogens is 332 g/mol.